The van der Waals surface area contributed by atoms with Crippen molar-refractivity contribution in [2.75, 3.05) is 13.7 Å². The second-order valence-corrected chi connectivity index (χ2v) is 4.03. The van der Waals surface area contributed by atoms with Crippen LogP contribution in [0.3, 0.4) is 0 Å². The van der Waals surface area contributed by atoms with Gasteiger partial charge in [-0.25, -0.2) is 0 Å². The Labute approximate surface area is 92.9 Å². The maximum Gasteiger partial charge on any atom is 0.322 e. The Morgan fingerprint density at radius 2 is 2.00 bits per heavy atom. The van der Waals surface area contributed by atoms with Crippen LogP contribution in [-0.4, -0.2) is 48.4 Å². The molecule has 2 heterocycles. The summed E-state index contributed by atoms with van der Waals surface area (Å²) < 4.78 is 4.61. The average Bonchev–Trinajstić information content (AvgIpc) is 2.85. The van der Waals surface area contributed by atoms with E-state index in [0.29, 0.717) is 13.0 Å². The fourth-order valence-electron chi connectivity index (χ4n) is 2.24. The molecular formula is C10H14N2O4. The monoisotopic (exact) mass is 226 g/mol. The van der Waals surface area contributed by atoms with Crippen LogP contribution in [-0.2, 0) is 19.1 Å². The van der Waals surface area contributed by atoms with Crippen LogP contribution in [0.25, 0.3) is 0 Å². The van der Waals surface area contributed by atoms with Crippen molar-refractivity contribution in [2.45, 2.75) is 31.3 Å². The quantitative estimate of drug-likeness (QED) is 0.485. The fourth-order valence-corrected chi connectivity index (χ4v) is 2.24. The minimum Gasteiger partial charge on any atom is -0.468 e. The molecule has 0 aromatic rings. The van der Waals surface area contributed by atoms with Crippen LogP contribution in [0.2, 0.25) is 0 Å². The van der Waals surface area contributed by atoms with Crippen LogP contribution in [0, 0.1) is 0 Å². The summed E-state index contributed by atoms with van der Waals surface area (Å²) >= 11 is 0. The molecule has 0 saturated carbocycles. The number of amides is 2. The second kappa shape index (κ2) is 4.21. The zero-order chi connectivity index (χ0) is 11.7. The number of imide groups is 1. The predicted octanol–water partition coefficient (Wildman–Crippen LogP) is -0.961. The first kappa shape index (κ1) is 11.1. The summed E-state index contributed by atoms with van der Waals surface area (Å²) in [5.41, 5.74) is 0. The molecule has 0 aliphatic carbocycles. The van der Waals surface area contributed by atoms with Gasteiger partial charge in [-0.05, 0) is 6.42 Å². The Morgan fingerprint density at radius 1 is 1.38 bits per heavy atom. The van der Waals surface area contributed by atoms with Gasteiger partial charge >= 0.3 is 5.97 Å². The number of nitrogens with one attached hydrogen (secondary N) is 1. The van der Waals surface area contributed by atoms with Gasteiger partial charge in [-0.15, -0.1) is 0 Å². The highest BCUT2D eigenvalue weighted by Crippen LogP contribution is 2.21. The number of hydrogen-bond acceptors (Lipinski definition) is 5. The van der Waals surface area contributed by atoms with Crippen molar-refractivity contribution in [3.05, 3.63) is 0 Å². The number of carbonyl (C=O) groups is 3. The second-order valence-electron chi connectivity index (χ2n) is 4.03. The van der Waals surface area contributed by atoms with Gasteiger partial charge in [0, 0.05) is 19.4 Å². The van der Waals surface area contributed by atoms with E-state index in [2.05, 4.69) is 10.1 Å². The van der Waals surface area contributed by atoms with Gasteiger partial charge in [-0.1, -0.05) is 0 Å². The number of ether oxygens (including phenoxy) is 1. The third kappa shape index (κ3) is 1.80. The van der Waals surface area contributed by atoms with Crippen LogP contribution in [0.5, 0.6) is 0 Å². The standard InChI is InChI=1S/C10H14N2O4/c1-16-10(15)7-4-6(5-11-7)12-8(13)2-3-9(12)14/h6-7,11H,2-5H2,1H3/t6-,7-/m1/s1. The van der Waals surface area contributed by atoms with Crippen LogP contribution in [0.15, 0.2) is 0 Å². The van der Waals surface area contributed by atoms with E-state index < -0.39 is 6.04 Å². The zero-order valence-corrected chi connectivity index (χ0v) is 9.06. The van der Waals surface area contributed by atoms with E-state index >= 15 is 0 Å². The van der Waals surface area contributed by atoms with Gasteiger partial charge in [0.05, 0.1) is 13.2 Å². The highest BCUT2D eigenvalue weighted by atomic mass is 16.5. The highest BCUT2D eigenvalue weighted by Gasteiger charge is 2.40. The lowest BCUT2D eigenvalue weighted by molar-refractivity contribution is -0.144. The molecule has 0 aromatic heterocycles. The predicted molar refractivity (Wildman–Crippen MR) is 53.3 cm³/mol. The van der Waals surface area contributed by atoms with E-state index in [4.69, 9.17) is 0 Å². The Bertz CT molecular complexity index is 326. The normalized spacial score (nSPS) is 29.9. The van der Waals surface area contributed by atoms with Crippen molar-refractivity contribution in [3.63, 3.8) is 0 Å². The summed E-state index contributed by atoms with van der Waals surface area (Å²) in [5, 5.41) is 2.95. The summed E-state index contributed by atoms with van der Waals surface area (Å²) in [6.45, 7) is 0.469. The number of hydrogen-bond donors (Lipinski definition) is 1. The minimum absolute atomic E-state index is 0.137. The first-order chi connectivity index (χ1) is 7.63. The van der Waals surface area contributed by atoms with Gasteiger partial charge in [0.25, 0.3) is 0 Å². The zero-order valence-electron chi connectivity index (χ0n) is 9.06. The summed E-state index contributed by atoms with van der Waals surface area (Å²) in [6, 6.07) is -0.609. The van der Waals surface area contributed by atoms with Gasteiger partial charge < -0.3 is 10.1 Å². The van der Waals surface area contributed by atoms with Crippen molar-refractivity contribution in [3.8, 4) is 0 Å². The van der Waals surface area contributed by atoms with Crippen molar-refractivity contribution in [2.24, 2.45) is 0 Å². The van der Waals surface area contributed by atoms with Crippen molar-refractivity contribution in [1.82, 2.24) is 10.2 Å². The summed E-state index contributed by atoms with van der Waals surface area (Å²) in [6.07, 6.45) is 1.03. The van der Waals surface area contributed by atoms with E-state index in [-0.39, 0.29) is 36.7 Å². The Kier molecular flexibility index (Phi) is 2.91. The molecule has 2 aliphatic rings. The Balaban J connectivity index is 2.00. The van der Waals surface area contributed by atoms with Gasteiger partial charge in [-0.3, -0.25) is 19.3 Å². The van der Waals surface area contributed by atoms with Gasteiger partial charge in [-0.2, -0.15) is 0 Å². The Hall–Kier alpha value is -1.43. The molecule has 2 rings (SSSR count). The first-order valence-corrected chi connectivity index (χ1v) is 5.29. The van der Waals surface area contributed by atoms with Crippen molar-refractivity contribution in [1.29, 1.82) is 0 Å². The number of methoxy groups -OCH3 is 1. The molecule has 0 aromatic carbocycles. The number of nitrogens with zero attached hydrogens (tertiary/aromatic N) is 1. The van der Waals surface area contributed by atoms with E-state index in [1.54, 1.807) is 0 Å². The molecule has 16 heavy (non-hydrogen) atoms. The van der Waals surface area contributed by atoms with E-state index in [1.807, 2.05) is 0 Å². The van der Waals surface area contributed by atoms with E-state index in [9.17, 15) is 14.4 Å². The smallest absolute Gasteiger partial charge is 0.322 e. The number of carbonyl (C=O) groups excluding carboxylic acids is 3. The molecule has 0 spiro atoms. The summed E-state index contributed by atoms with van der Waals surface area (Å²) in [4.78, 5) is 35.5. The van der Waals surface area contributed by atoms with E-state index in [0.717, 1.165) is 0 Å². The summed E-state index contributed by atoms with van der Waals surface area (Å²) in [7, 11) is 1.32. The van der Waals surface area contributed by atoms with Gasteiger partial charge in [0.15, 0.2) is 0 Å². The fraction of sp³-hybridized carbons (Fsp3) is 0.700. The number of likely N-dealkylation sites (tertiary alicyclic amines) is 1. The van der Waals surface area contributed by atoms with E-state index in [1.165, 1.54) is 12.0 Å². The number of rotatable bonds is 2. The Morgan fingerprint density at radius 3 is 2.56 bits per heavy atom. The van der Waals surface area contributed by atoms with Crippen LogP contribution < -0.4 is 5.32 Å². The van der Waals surface area contributed by atoms with Crippen LogP contribution >= 0.6 is 0 Å². The van der Waals surface area contributed by atoms with Gasteiger partial charge in [0.2, 0.25) is 11.8 Å². The topological polar surface area (TPSA) is 75.7 Å². The lowest BCUT2D eigenvalue weighted by Crippen LogP contribution is -2.40. The first-order valence-electron chi connectivity index (χ1n) is 5.29. The van der Waals surface area contributed by atoms with Crippen LogP contribution in [0.1, 0.15) is 19.3 Å². The molecular weight excluding hydrogens is 212 g/mol. The molecule has 0 bridgehead atoms. The van der Waals surface area contributed by atoms with Crippen molar-refractivity contribution >= 4 is 17.8 Å². The third-order valence-corrected chi connectivity index (χ3v) is 3.05. The molecule has 6 heteroatoms. The lowest BCUT2D eigenvalue weighted by atomic mass is 10.1. The maximum atomic E-state index is 11.5. The molecule has 88 valence electrons. The molecule has 2 atom stereocenters. The highest BCUT2D eigenvalue weighted by molar-refractivity contribution is 6.02. The number of esters is 1. The minimum atomic E-state index is -0.406. The molecule has 2 amide bonds. The lowest BCUT2D eigenvalue weighted by Gasteiger charge is -2.20. The third-order valence-electron chi connectivity index (χ3n) is 3.05. The SMILES string of the molecule is COC(=O)[C@H]1C[C@@H](N2C(=O)CCC2=O)CN1. The molecule has 2 fully saturated rings. The molecule has 0 unspecified atom stereocenters. The van der Waals surface area contributed by atoms with Crippen molar-refractivity contribution < 1.29 is 19.1 Å². The average molecular weight is 226 g/mol. The molecule has 0 radical (unpaired) electrons. The van der Waals surface area contributed by atoms with Gasteiger partial charge in [0.1, 0.15) is 6.04 Å². The molecule has 6 nitrogen and oxygen atoms in total. The molecule has 1 N–H and O–H groups in total. The largest absolute Gasteiger partial charge is 0.468 e. The summed E-state index contributed by atoms with van der Waals surface area (Å²) in [5.74, 6) is -0.619. The van der Waals surface area contributed by atoms with Crippen LogP contribution in [0.4, 0.5) is 0 Å². The molecule has 2 saturated heterocycles. The molecule has 2 aliphatic heterocycles. The maximum absolute atomic E-state index is 11.5.